The maximum atomic E-state index is 14.1. The monoisotopic (exact) mass is 794 g/mol. The van der Waals surface area contributed by atoms with Gasteiger partial charge in [-0.2, -0.15) is 0 Å². The fourth-order valence-electron chi connectivity index (χ4n) is 8.48. The van der Waals surface area contributed by atoms with Gasteiger partial charge in [0.1, 0.15) is 0 Å². The summed E-state index contributed by atoms with van der Waals surface area (Å²) in [6.07, 6.45) is 4.24. The number of carbonyl (C=O) groups excluding carboxylic acids is 3. The van der Waals surface area contributed by atoms with Gasteiger partial charge in [0.2, 0.25) is 5.75 Å². The molecule has 0 aromatic heterocycles. The number of carbonyl (C=O) groups is 3. The lowest BCUT2D eigenvalue weighted by molar-refractivity contribution is -0.149. The molecule has 0 aliphatic carbocycles. The van der Waals surface area contributed by atoms with E-state index in [0.717, 1.165) is 56.4 Å². The molecule has 3 aliphatic heterocycles. The molecule has 0 radical (unpaired) electrons. The minimum atomic E-state index is -0.523. The Morgan fingerprint density at radius 1 is 0.782 bits per heavy atom. The van der Waals surface area contributed by atoms with Crippen molar-refractivity contribution in [2.24, 2.45) is 5.92 Å². The molecule has 3 fully saturated rings. The number of hydrogen-bond acceptors (Lipinski definition) is 8. The number of methoxy groups -OCH3 is 3. The molecule has 3 aliphatic rings. The molecule has 3 heterocycles. The second-order valence-corrected chi connectivity index (χ2v) is 15.6. The highest BCUT2D eigenvalue weighted by Gasteiger charge is 2.44. The van der Waals surface area contributed by atoms with Gasteiger partial charge in [-0.3, -0.25) is 9.59 Å². The van der Waals surface area contributed by atoms with Crippen LogP contribution in [0.3, 0.4) is 0 Å². The summed E-state index contributed by atoms with van der Waals surface area (Å²) in [5.41, 5.74) is 1.72. The summed E-state index contributed by atoms with van der Waals surface area (Å²) in [6.45, 7) is 6.64. The van der Waals surface area contributed by atoms with E-state index >= 15 is 0 Å². The van der Waals surface area contributed by atoms with Gasteiger partial charge < -0.3 is 39.0 Å². The first kappa shape index (κ1) is 40.5. The number of nitrogens with zero attached hydrogens (tertiary/aromatic N) is 3. The molecule has 6 rings (SSSR count). The van der Waals surface area contributed by atoms with Crippen molar-refractivity contribution in [3.05, 3.63) is 87.4 Å². The van der Waals surface area contributed by atoms with Crippen molar-refractivity contribution in [1.82, 2.24) is 20.0 Å². The van der Waals surface area contributed by atoms with Crippen LogP contribution in [0, 0.1) is 5.92 Å². The number of rotatable bonds is 12. The highest BCUT2D eigenvalue weighted by molar-refractivity contribution is 6.42. The molecular formula is C42H52Cl2N4O7. The summed E-state index contributed by atoms with van der Waals surface area (Å²) in [6, 6.07) is 19.3. The van der Waals surface area contributed by atoms with Gasteiger partial charge in [0.15, 0.2) is 11.5 Å². The van der Waals surface area contributed by atoms with Crippen LogP contribution in [0.25, 0.3) is 0 Å². The fraction of sp³-hybridized carbons (Fsp3) is 0.500. The standard InChI is InChI=1S/C42H52Cl2N4O7/c1-5-55-39(50)29-13-19-47(20-14-29)40(51)45-42(31-9-7-6-8-10-31)17-22-46(23-18-42)21-15-41(32-11-12-33(43)34(44)27-32)16-24-48(28-41)38(49)30-25-35(52-2)37(54-4)36(26-30)53-3/h6-12,25-27,29H,5,13-24,28H2,1-4H3,(H,45,51)/t41-/m1/s1. The molecule has 13 heteroatoms. The molecule has 1 N–H and O–H groups in total. The molecule has 1 atom stereocenters. The maximum absolute atomic E-state index is 14.1. The van der Waals surface area contributed by atoms with Crippen LogP contribution in [-0.2, 0) is 20.5 Å². The predicted octanol–water partition coefficient (Wildman–Crippen LogP) is 7.17. The van der Waals surface area contributed by atoms with E-state index in [4.69, 9.17) is 42.1 Å². The highest BCUT2D eigenvalue weighted by atomic mass is 35.5. The van der Waals surface area contributed by atoms with Gasteiger partial charge in [0, 0.05) is 50.2 Å². The van der Waals surface area contributed by atoms with Crippen molar-refractivity contribution in [1.29, 1.82) is 0 Å². The Hall–Kier alpha value is -4.19. The van der Waals surface area contributed by atoms with E-state index in [1.807, 2.05) is 53.1 Å². The SMILES string of the molecule is CCOC(=O)C1CCN(C(=O)NC2(c3ccccc3)CCN(CC[C@@]3(c4ccc(Cl)c(Cl)c4)CCN(C(=O)c4cc(OC)c(OC)c(OC)c4)C3)CC2)CC1. The predicted molar refractivity (Wildman–Crippen MR) is 213 cm³/mol. The zero-order valence-electron chi connectivity index (χ0n) is 32.2. The van der Waals surface area contributed by atoms with Crippen LogP contribution in [0.4, 0.5) is 4.79 Å². The molecule has 0 spiro atoms. The van der Waals surface area contributed by atoms with E-state index < -0.39 is 5.54 Å². The van der Waals surface area contributed by atoms with Gasteiger partial charge >= 0.3 is 12.0 Å². The van der Waals surface area contributed by atoms with Crippen molar-refractivity contribution in [3.63, 3.8) is 0 Å². The second-order valence-electron chi connectivity index (χ2n) is 14.8. The number of halogens is 2. The minimum absolute atomic E-state index is 0.0963. The molecule has 0 bridgehead atoms. The summed E-state index contributed by atoms with van der Waals surface area (Å²) < 4.78 is 21.8. The normalized spacial score (nSPS) is 20.2. The van der Waals surface area contributed by atoms with Crippen LogP contribution in [0.1, 0.15) is 66.9 Å². The number of ether oxygens (including phenoxy) is 4. The summed E-state index contributed by atoms with van der Waals surface area (Å²) in [5.74, 6) is 0.821. The van der Waals surface area contributed by atoms with Crippen LogP contribution in [-0.4, -0.2) is 106 Å². The molecule has 0 unspecified atom stereocenters. The number of urea groups is 1. The Morgan fingerprint density at radius 2 is 1.45 bits per heavy atom. The van der Waals surface area contributed by atoms with Crippen molar-refractivity contribution < 1.29 is 33.3 Å². The molecule has 296 valence electrons. The Kier molecular flexibility index (Phi) is 13.0. The molecule has 11 nitrogen and oxygen atoms in total. The number of benzene rings is 3. The lowest BCUT2D eigenvalue weighted by Crippen LogP contribution is -2.57. The summed E-state index contributed by atoms with van der Waals surface area (Å²) in [4.78, 5) is 46.3. The molecule has 55 heavy (non-hydrogen) atoms. The summed E-state index contributed by atoms with van der Waals surface area (Å²) in [7, 11) is 4.61. The number of amides is 3. The lowest BCUT2D eigenvalue weighted by atomic mass is 9.76. The van der Waals surface area contributed by atoms with E-state index in [1.165, 1.54) is 21.3 Å². The van der Waals surface area contributed by atoms with Crippen molar-refractivity contribution >= 4 is 41.1 Å². The third-order valence-electron chi connectivity index (χ3n) is 11.8. The Morgan fingerprint density at radius 3 is 2.05 bits per heavy atom. The largest absolute Gasteiger partial charge is 0.493 e. The van der Waals surface area contributed by atoms with Crippen molar-refractivity contribution in [2.75, 3.05) is 73.7 Å². The van der Waals surface area contributed by atoms with E-state index in [0.29, 0.717) is 78.5 Å². The van der Waals surface area contributed by atoms with E-state index in [1.54, 1.807) is 12.1 Å². The second kappa shape index (κ2) is 17.7. The van der Waals surface area contributed by atoms with E-state index in [-0.39, 0.29) is 29.2 Å². The Labute approximate surface area is 334 Å². The third kappa shape index (κ3) is 8.79. The fourth-order valence-corrected chi connectivity index (χ4v) is 8.78. The zero-order valence-corrected chi connectivity index (χ0v) is 33.7. The third-order valence-corrected chi connectivity index (χ3v) is 12.5. The minimum Gasteiger partial charge on any atom is -0.493 e. The van der Waals surface area contributed by atoms with Gasteiger partial charge in [0.25, 0.3) is 5.91 Å². The maximum Gasteiger partial charge on any atom is 0.318 e. The number of likely N-dealkylation sites (tertiary alicyclic amines) is 3. The number of hydrogen-bond donors (Lipinski definition) is 1. The van der Waals surface area contributed by atoms with Crippen molar-refractivity contribution in [3.8, 4) is 17.2 Å². The van der Waals surface area contributed by atoms with Crippen LogP contribution >= 0.6 is 23.2 Å². The molecule has 3 saturated heterocycles. The number of piperidine rings is 2. The lowest BCUT2D eigenvalue weighted by Gasteiger charge is -2.45. The first-order chi connectivity index (χ1) is 26.5. The Balaban J connectivity index is 1.16. The zero-order chi connectivity index (χ0) is 39.2. The first-order valence-electron chi connectivity index (χ1n) is 19.1. The highest BCUT2D eigenvalue weighted by Crippen LogP contribution is 2.43. The van der Waals surface area contributed by atoms with Gasteiger partial charge in [0.05, 0.1) is 49.4 Å². The number of nitrogens with one attached hydrogen (secondary N) is 1. The molecule has 3 aromatic carbocycles. The van der Waals surface area contributed by atoms with Gasteiger partial charge in [-0.25, -0.2) is 4.79 Å². The van der Waals surface area contributed by atoms with Gasteiger partial charge in [-0.15, -0.1) is 0 Å². The van der Waals surface area contributed by atoms with Gasteiger partial charge in [-0.1, -0.05) is 59.6 Å². The summed E-state index contributed by atoms with van der Waals surface area (Å²) in [5, 5.41) is 4.43. The van der Waals surface area contributed by atoms with E-state index in [9.17, 15) is 14.4 Å². The van der Waals surface area contributed by atoms with Gasteiger partial charge in [-0.05, 0) is 87.4 Å². The molecule has 3 aromatic rings. The summed E-state index contributed by atoms with van der Waals surface area (Å²) >= 11 is 13.0. The topological polar surface area (TPSA) is 110 Å². The molecule has 3 amide bonds. The number of esters is 1. The van der Waals surface area contributed by atoms with Crippen molar-refractivity contribution in [2.45, 2.75) is 56.4 Å². The average Bonchev–Trinajstić information content (AvgIpc) is 3.66. The van der Waals surface area contributed by atoms with E-state index in [2.05, 4.69) is 22.3 Å². The van der Waals surface area contributed by atoms with Crippen LogP contribution in [0.2, 0.25) is 10.0 Å². The molecular weight excluding hydrogens is 743 g/mol. The first-order valence-corrected chi connectivity index (χ1v) is 19.9. The quantitative estimate of drug-likeness (QED) is 0.192. The van der Waals surface area contributed by atoms with Crippen LogP contribution < -0.4 is 19.5 Å². The average molecular weight is 796 g/mol. The molecule has 0 saturated carbocycles. The van der Waals surface area contributed by atoms with Crippen LogP contribution in [0.5, 0.6) is 17.2 Å². The smallest absolute Gasteiger partial charge is 0.318 e. The Bertz CT molecular complexity index is 1800. The van der Waals surface area contributed by atoms with Crippen LogP contribution in [0.15, 0.2) is 60.7 Å².